The molecule has 0 aromatic heterocycles. The largest absolute Gasteiger partial charge is 0.306 e. The normalized spacial score (nSPS) is 33.1. The van der Waals surface area contributed by atoms with Crippen LogP contribution in [0, 0.1) is 11.7 Å². The predicted octanol–water partition coefficient (Wildman–Crippen LogP) is 3.59. The highest BCUT2D eigenvalue weighted by atomic mass is 19.1. The maximum atomic E-state index is 13.1. The highest BCUT2D eigenvalue weighted by molar-refractivity contribution is 5.29. The first kappa shape index (κ1) is 12.2. The van der Waals surface area contributed by atoms with Crippen LogP contribution in [0.25, 0.3) is 0 Å². The van der Waals surface area contributed by atoms with Crippen molar-refractivity contribution in [3.8, 4) is 0 Å². The van der Waals surface area contributed by atoms with Crippen LogP contribution in [0.5, 0.6) is 0 Å². The fourth-order valence-electron chi connectivity index (χ4n) is 4.07. The van der Waals surface area contributed by atoms with E-state index in [0.29, 0.717) is 5.41 Å². The molecule has 18 heavy (non-hydrogen) atoms. The van der Waals surface area contributed by atoms with Crippen LogP contribution in [0.2, 0.25) is 0 Å². The second kappa shape index (κ2) is 4.65. The lowest BCUT2D eigenvalue weighted by Crippen LogP contribution is -2.50. The summed E-state index contributed by atoms with van der Waals surface area (Å²) in [6.07, 6.45) is 6.55. The Labute approximate surface area is 109 Å². The van der Waals surface area contributed by atoms with Gasteiger partial charge in [-0.1, -0.05) is 25.0 Å². The van der Waals surface area contributed by atoms with Crippen molar-refractivity contribution in [2.24, 2.45) is 5.92 Å². The van der Waals surface area contributed by atoms with E-state index in [1.165, 1.54) is 50.8 Å². The summed E-state index contributed by atoms with van der Waals surface area (Å²) < 4.78 is 13.1. The van der Waals surface area contributed by atoms with E-state index in [4.69, 9.17) is 0 Å². The van der Waals surface area contributed by atoms with E-state index < -0.39 is 0 Å². The Morgan fingerprint density at radius 2 is 1.94 bits per heavy atom. The first-order valence-corrected chi connectivity index (χ1v) is 7.15. The lowest BCUT2D eigenvalue weighted by Gasteiger charge is -2.50. The monoisotopic (exact) mass is 247 g/mol. The Hall–Kier alpha value is -0.890. The third-order valence-electron chi connectivity index (χ3n) is 5.10. The van der Waals surface area contributed by atoms with Gasteiger partial charge in [0.1, 0.15) is 5.82 Å². The molecule has 1 aromatic carbocycles. The van der Waals surface area contributed by atoms with Gasteiger partial charge in [-0.3, -0.25) is 0 Å². The topological polar surface area (TPSA) is 3.24 Å². The average Bonchev–Trinajstić information content (AvgIpc) is 2.39. The summed E-state index contributed by atoms with van der Waals surface area (Å²) in [4.78, 5) is 2.46. The van der Waals surface area contributed by atoms with Crippen molar-refractivity contribution in [3.63, 3.8) is 0 Å². The van der Waals surface area contributed by atoms with Gasteiger partial charge in [0, 0.05) is 12.0 Å². The van der Waals surface area contributed by atoms with Crippen molar-refractivity contribution in [2.75, 3.05) is 20.1 Å². The van der Waals surface area contributed by atoms with Crippen molar-refractivity contribution in [3.05, 3.63) is 35.6 Å². The number of hydrogen-bond acceptors (Lipinski definition) is 1. The Kier molecular flexibility index (Phi) is 3.14. The fourth-order valence-corrected chi connectivity index (χ4v) is 4.07. The van der Waals surface area contributed by atoms with Gasteiger partial charge in [0.25, 0.3) is 0 Å². The Morgan fingerprint density at radius 1 is 1.17 bits per heavy atom. The SMILES string of the molecule is CN1CCC2(c3ccc(F)cc3)CCCCC2C1. The zero-order chi connectivity index (χ0) is 12.6. The number of hydrogen-bond donors (Lipinski definition) is 0. The highest BCUT2D eigenvalue weighted by Crippen LogP contribution is 2.48. The maximum Gasteiger partial charge on any atom is 0.123 e. The van der Waals surface area contributed by atoms with E-state index in [1.54, 1.807) is 12.1 Å². The van der Waals surface area contributed by atoms with Gasteiger partial charge in [-0.25, -0.2) is 4.39 Å². The standard InChI is InChI=1S/C16H22FN/c1-18-11-10-16(9-3-2-4-14(16)12-18)13-5-7-15(17)8-6-13/h5-8,14H,2-4,9-12H2,1H3. The van der Waals surface area contributed by atoms with E-state index in [9.17, 15) is 4.39 Å². The van der Waals surface area contributed by atoms with Crippen LogP contribution in [-0.4, -0.2) is 25.0 Å². The number of halogens is 1. The molecule has 0 bridgehead atoms. The van der Waals surface area contributed by atoms with Crippen molar-refractivity contribution in [2.45, 2.75) is 37.5 Å². The zero-order valence-electron chi connectivity index (χ0n) is 11.2. The van der Waals surface area contributed by atoms with Crippen LogP contribution in [0.15, 0.2) is 24.3 Å². The van der Waals surface area contributed by atoms with Crippen LogP contribution >= 0.6 is 0 Å². The molecule has 2 unspecified atom stereocenters. The number of fused-ring (bicyclic) bond motifs is 1. The van der Waals surface area contributed by atoms with Crippen LogP contribution in [0.3, 0.4) is 0 Å². The predicted molar refractivity (Wildman–Crippen MR) is 72.2 cm³/mol. The summed E-state index contributed by atoms with van der Waals surface area (Å²) in [6, 6.07) is 7.32. The second-order valence-electron chi connectivity index (χ2n) is 6.12. The van der Waals surface area contributed by atoms with Crippen LogP contribution < -0.4 is 0 Å². The van der Waals surface area contributed by atoms with Gasteiger partial charge in [0.05, 0.1) is 0 Å². The molecule has 98 valence electrons. The quantitative estimate of drug-likeness (QED) is 0.733. The summed E-state index contributed by atoms with van der Waals surface area (Å²) in [5, 5.41) is 0. The molecule has 2 heteroatoms. The molecule has 1 aliphatic heterocycles. The third kappa shape index (κ3) is 1.97. The lowest BCUT2D eigenvalue weighted by atomic mass is 9.59. The maximum absolute atomic E-state index is 13.1. The molecule has 1 saturated carbocycles. The molecule has 0 spiro atoms. The molecule has 1 aromatic rings. The minimum atomic E-state index is -0.115. The summed E-state index contributed by atoms with van der Waals surface area (Å²) >= 11 is 0. The Bertz CT molecular complexity index is 414. The molecule has 1 aliphatic carbocycles. The molecule has 2 aliphatic rings. The molecule has 3 rings (SSSR count). The van der Waals surface area contributed by atoms with Crippen LogP contribution in [-0.2, 0) is 5.41 Å². The molecule has 0 radical (unpaired) electrons. The molecular formula is C16H22FN. The number of piperidine rings is 1. The summed E-state index contributed by atoms with van der Waals surface area (Å²) in [5.41, 5.74) is 1.71. The fraction of sp³-hybridized carbons (Fsp3) is 0.625. The molecule has 2 fully saturated rings. The average molecular weight is 247 g/mol. The Morgan fingerprint density at radius 3 is 2.72 bits per heavy atom. The number of benzene rings is 1. The first-order valence-electron chi connectivity index (χ1n) is 7.15. The molecular weight excluding hydrogens is 225 g/mol. The van der Waals surface area contributed by atoms with Crippen molar-refractivity contribution >= 4 is 0 Å². The van der Waals surface area contributed by atoms with Crippen molar-refractivity contribution < 1.29 is 4.39 Å². The van der Waals surface area contributed by atoms with Crippen LogP contribution in [0.1, 0.15) is 37.7 Å². The summed E-state index contributed by atoms with van der Waals surface area (Å²) in [6.45, 7) is 2.38. The Balaban J connectivity index is 1.96. The van der Waals surface area contributed by atoms with Crippen molar-refractivity contribution in [1.82, 2.24) is 4.90 Å². The van der Waals surface area contributed by atoms with Gasteiger partial charge in [0.2, 0.25) is 0 Å². The van der Waals surface area contributed by atoms with E-state index >= 15 is 0 Å². The first-order chi connectivity index (χ1) is 8.71. The van der Waals surface area contributed by atoms with E-state index in [1.807, 2.05) is 12.1 Å². The second-order valence-corrected chi connectivity index (χ2v) is 6.12. The summed E-state index contributed by atoms with van der Waals surface area (Å²) in [7, 11) is 2.23. The van der Waals surface area contributed by atoms with Gasteiger partial charge in [0.15, 0.2) is 0 Å². The van der Waals surface area contributed by atoms with Gasteiger partial charge in [-0.15, -0.1) is 0 Å². The van der Waals surface area contributed by atoms with Crippen LogP contribution in [0.4, 0.5) is 4.39 Å². The van der Waals surface area contributed by atoms with Crippen molar-refractivity contribution in [1.29, 1.82) is 0 Å². The van der Waals surface area contributed by atoms with Gasteiger partial charge in [-0.2, -0.15) is 0 Å². The zero-order valence-corrected chi connectivity index (χ0v) is 11.2. The van der Waals surface area contributed by atoms with Gasteiger partial charge in [-0.05, 0) is 56.5 Å². The minimum absolute atomic E-state index is 0.115. The molecule has 2 atom stereocenters. The smallest absolute Gasteiger partial charge is 0.123 e. The van der Waals surface area contributed by atoms with Gasteiger partial charge < -0.3 is 4.90 Å². The number of nitrogens with zero attached hydrogens (tertiary/aromatic N) is 1. The van der Waals surface area contributed by atoms with E-state index in [2.05, 4.69) is 11.9 Å². The van der Waals surface area contributed by atoms with E-state index in [-0.39, 0.29) is 5.82 Å². The third-order valence-corrected chi connectivity index (χ3v) is 5.10. The molecule has 1 nitrogen and oxygen atoms in total. The molecule has 1 saturated heterocycles. The minimum Gasteiger partial charge on any atom is -0.306 e. The summed E-state index contributed by atoms with van der Waals surface area (Å²) in [5.74, 6) is 0.644. The number of likely N-dealkylation sites (tertiary alicyclic amines) is 1. The lowest BCUT2D eigenvalue weighted by molar-refractivity contribution is 0.0707. The van der Waals surface area contributed by atoms with E-state index in [0.717, 1.165) is 5.92 Å². The molecule has 1 heterocycles. The molecule has 0 amide bonds. The number of rotatable bonds is 1. The van der Waals surface area contributed by atoms with Gasteiger partial charge >= 0.3 is 0 Å². The molecule has 0 N–H and O–H groups in total. The highest BCUT2D eigenvalue weighted by Gasteiger charge is 2.44.